The summed E-state index contributed by atoms with van der Waals surface area (Å²) in [5, 5.41) is 18.3. The molecule has 0 aromatic rings. The molecular formula is C3H3AuCuN4S. The third kappa shape index (κ3) is 77100. The van der Waals surface area contributed by atoms with Crippen molar-refractivity contribution in [2.45, 2.75) is 0 Å². The fourth-order valence-electron chi connectivity index (χ4n) is 0. The fourth-order valence-corrected chi connectivity index (χ4v) is 0. The largest absolute Gasteiger partial charge is 2.00 e. The first-order valence-electron chi connectivity index (χ1n) is 1.19. The first kappa shape index (κ1) is 32.6. The Bertz CT molecular complexity index is 83.0. The molecule has 7 heteroatoms. The summed E-state index contributed by atoms with van der Waals surface area (Å²) in [5.74, 6) is 0. The number of hydrogen-bond acceptors (Lipinski definition) is 4. The van der Waals surface area contributed by atoms with Crippen LogP contribution in [0.1, 0.15) is 0 Å². The zero-order valence-corrected chi connectivity index (χ0v) is 8.41. The first-order valence-corrected chi connectivity index (χ1v) is 1.60. The third-order valence-corrected chi connectivity index (χ3v) is 0. The third-order valence-electron chi connectivity index (χ3n) is 0. The van der Waals surface area contributed by atoms with Gasteiger partial charge in [-0.2, -0.15) is 0 Å². The summed E-state index contributed by atoms with van der Waals surface area (Å²) < 4.78 is 0. The van der Waals surface area contributed by atoms with Gasteiger partial charge in [0.15, 0.2) is 0 Å². The van der Waals surface area contributed by atoms with E-state index in [1.54, 1.807) is 0 Å². The molecule has 0 unspecified atom stereocenters. The molecule has 0 rings (SSSR count). The molecule has 0 saturated carbocycles. The van der Waals surface area contributed by atoms with E-state index < -0.39 is 0 Å². The van der Waals surface area contributed by atoms with Crippen LogP contribution in [0, 0.1) is 29.1 Å². The van der Waals surface area contributed by atoms with Crippen molar-refractivity contribution in [3.8, 4) is 0 Å². The van der Waals surface area contributed by atoms with Crippen LogP contribution in [0.4, 0.5) is 0 Å². The Labute approximate surface area is 91.7 Å². The van der Waals surface area contributed by atoms with Crippen LogP contribution in [0.2, 0.25) is 0 Å². The van der Waals surface area contributed by atoms with E-state index >= 15 is 0 Å². The van der Waals surface area contributed by atoms with Crippen molar-refractivity contribution in [1.29, 1.82) is 15.9 Å². The van der Waals surface area contributed by atoms with Gasteiger partial charge in [0, 0.05) is 0 Å². The maximum atomic E-state index is 6.25. The van der Waals surface area contributed by atoms with Crippen molar-refractivity contribution >= 4 is 17.8 Å². The van der Waals surface area contributed by atoms with Crippen molar-refractivity contribution in [3.63, 3.8) is 0 Å². The van der Waals surface area contributed by atoms with E-state index in [1.165, 1.54) is 0 Å². The standard InChI is InChI=1S/CH4N2S.2CN.Au.Cu/c2-1(3)4;2*1-2;;/h(H4,2,3,4);;;;/q;2*-1;+1;+2/p-1. The molecule has 0 spiro atoms. The maximum Gasteiger partial charge on any atom is 2.00 e. The van der Waals surface area contributed by atoms with Gasteiger partial charge in [0.25, 0.3) is 0 Å². The van der Waals surface area contributed by atoms with Gasteiger partial charge in [0.05, 0.1) is 0 Å². The average Bonchev–Trinajstić information content (AvgIpc) is 1.75. The topological polar surface area (TPSA) is 97.4 Å². The number of nitrogens with two attached hydrogens (primary N) is 1. The number of amidine groups is 1. The number of rotatable bonds is 0. The second-order valence-electron chi connectivity index (χ2n) is 0.364. The number of hydrogen-bond donors (Lipinski definition) is 2. The summed E-state index contributed by atoms with van der Waals surface area (Å²) in [7, 11) is 0. The molecule has 0 atom stereocenters. The molecule has 0 aliphatic heterocycles. The molecule has 0 aliphatic carbocycles. The van der Waals surface area contributed by atoms with Crippen molar-refractivity contribution < 1.29 is 39.4 Å². The summed E-state index contributed by atoms with van der Waals surface area (Å²) in [6, 6.07) is 0. The second-order valence-corrected chi connectivity index (χ2v) is 0.804. The summed E-state index contributed by atoms with van der Waals surface area (Å²) in [5.41, 5.74) is 4.51. The summed E-state index contributed by atoms with van der Waals surface area (Å²) in [6.45, 7) is 9.50. The van der Waals surface area contributed by atoms with Crippen molar-refractivity contribution in [2.24, 2.45) is 5.73 Å². The zero-order valence-electron chi connectivity index (χ0n) is 4.48. The Hall–Kier alpha value is -0.0703. The van der Waals surface area contributed by atoms with E-state index in [1.807, 2.05) is 0 Å². The van der Waals surface area contributed by atoms with Crippen LogP contribution in [-0.4, -0.2) is 5.17 Å². The fraction of sp³-hybridized carbons (Fsp3) is 0. The molecule has 0 fully saturated rings. The molecule has 63 valence electrons. The number of nitrogens with one attached hydrogen (secondary N) is 1. The molecule has 0 saturated heterocycles. The van der Waals surface area contributed by atoms with Crippen LogP contribution in [0.5, 0.6) is 0 Å². The van der Waals surface area contributed by atoms with Crippen LogP contribution in [0.3, 0.4) is 0 Å². The Morgan fingerprint density at radius 2 is 1.30 bits per heavy atom. The molecular weight excluding hydrogens is 385 g/mol. The van der Waals surface area contributed by atoms with E-state index in [2.05, 4.69) is 18.4 Å². The van der Waals surface area contributed by atoms with Gasteiger partial charge in [-0.25, -0.2) is 0 Å². The van der Waals surface area contributed by atoms with E-state index in [9.17, 15) is 0 Å². The summed E-state index contributed by atoms with van der Waals surface area (Å²) in [4.78, 5) is 0. The molecule has 0 bridgehead atoms. The van der Waals surface area contributed by atoms with Crippen molar-refractivity contribution in [3.05, 3.63) is 13.1 Å². The minimum Gasteiger partial charge on any atom is -0.744 e. The zero-order chi connectivity index (χ0) is 7.58. The first-order chi connectivity index (χ1) is 3.73. The van der Waals surface area contributed by atoms with Gasteiger partial charge in [0.1, 0.15) is 0 Å². The maximum absolute atomic E-state index is 6.25. The SMILES string of the molecule is N=C(N)[S-].[Au+].[C-]#N.[C-]#N.[Cu+2]. The predicted molar refractivity (Wildman–Crippen MR) is 29.2 cm³/mol. The monoisotopic (exact) mass is 387 g/mol. The van der Waals surface area contributed by atoms with Crippen molar-refractivity contribution in [2.75, 3.05) is 0 Å². The van der Waals surface area contributed by atoms with E-state index in [-0.39, 0.29) is 44.6 Å². The second kappa shape index (κ2) is 65.4. The molecule has 0 amide bonds. The Morgan fingerprint density at radius 1 is 1.30 bits per heavy atom. The predicted octanol–water partition coefficient (Wildman–Crippen LogP) is -0.385. The van der Waals surface area contributed by atoms with Crippen LogP contribution < -0.4 is 5.73 Å². The van der Waals surface area contributed by atoms with Crippen LogP contribution in [0.25, 0.3) is 0 Å². The molecule has 3 N–H and O–H groups in total. The van der Waals surface area contributed by atoms with E-state index in [0.29, 0.717) is 0 Å². The Morgan fingerprint density at radius 3 is 1.30 bits per heavy atom. The minimum atomic E-state index is -0.250. The van der Waals surface area contributed by atoms with Crippen LogP contribution in [0.15, 0.2) is 0 Å². The summed E-state index contributed by atoms with van der Waals surface area (Å²) in [6.07, 6.45) is 0. The number of nitrogens with zero attached hydrogens (tertiary/aromatic N) is 2. The minimum absolute atomic E-state index is 0. The average molecular weight is 388 g/mol. The Kier molecular flexibility index (Phi) is 213. The smallest absolute Gasteiger partial charge is 0.744 e. The molecule has 1 radical (unpaired) electrons. The van der Waals surface area contributed by atoms with Gasteiger partial charge in [-0.05, 0) is 5.17 Å². The molecule has 4 nitrogen and oxygen atoms in total. The summed E-state index contributed by atoms with van der Waals surface area (Å²) >= 11 is 3.98. The van der Waals surface area contributed by atoms with Gasteiger partial charge in [-0.1, -0.05) is 0 Å². The van der Waals surface area contributed by atoms with Crippen LogP contribution >= 0.6 is 0 Å². The molecule has 0 aromatic carbocycles. The molecule has 0 heterocycles. The normalized spacial score (nSPS) is 2.80. The molecule has 0 aromatic heterocycles. The Balaban J connectivity index is -0.0000000125. The molecule has 0 aliphatic rings. The van der Waals surface area contributed by atoms with Gasteiger partial charge in [-0.3, -0.25) is 0 Å². The van der Waals surface area contributed by atoms with Crippen LogP contribution in [-0.2, 0) is 52.1 Å². The van der Waals surface area contributed by atoms with Gasteiger partial charge < -0.3 is 47.4 Å². The quantitative estimate of drug-likeness (QED) is 0.195. The van der Waals surface area contributed by atoms with Gasteiger partial charge >= 0.3 is 39.4 Å². The van der Waals surface area contributed by atoms with E-state index in [4.69, 9.17) is 29.1 Å². The van der Waals surface area contributed by atoms with Gasteiger partial charge in [-0.15, -0.1) is 0 Å². The van der Waals surface area contributed by atoms with Gasteiger partial charge in [0.2, 0.25) is 0 Å². The van der Waals surface area contributed by atoms with E-state index in [0.717, 1.165) is 0 Å². The molecule has 10 heavy (non-hydrogen) atoms. The van der Waals surface area contributed by atoms with Crippen molar-refractivity contribution in [1.82, 2.24) is 0 Å².